The Bertz CT molecular complexity index is 551. The first-order valence-electron chi connectivity index (χ1n) is 6.03. The zero-order valence-electron chi connectivity index (χ0n) is 10.1. The van der Waals surface area contributed by atoms with Crippen LogP contribution in [0.15, 0.2) is 10.6 Å². The highest BCUT2D eigenvalue weighted by atomic mass is 35.5. The fraction of sp³-hybridized carbons (Fsp3) is 0.500. The van der Waals surface area contributed by atoms with Gasteiger partial charge in [0.1, 0.15) is 0 Å². The molecule has 0 saturated carbocycles. The second-order valence-electron chi connectivity index (χ2n) is 4.48. The van der Waals surface area contributed by atoms with Crippen LogP contribution in [0.25, 0.3) is 0 Å². The zero-order valence-corrected chi connectivity index (χ0v) is 11.6. The summed E-state index contributed by atoms with van der Waals surface area (Å²) < 4.78 is 5.84. The highest BCUT2D eigenvalue weighted by Gasteiger charge is 2.22. The number of hydrogen-bond acceptors (Lipinski definition) is 5. The minimum absolute atomic E-state index is 0.358. The fourth-order valence-corrected chi connectivity index (χ4v) is 3.74. The van der Waals surface area contributed by atoms with Gasteiger partial charge in [-0.2, -0.15) is 4.98 Å². The van der Waals surface area contributed by atoms with Gasteiger partial charge in [-0.1, -0.05) is 16.8 Å². The lowest BCUT2D eigenvalue weighted by Gasteiger charge is -2.23. The van der Waals surface area contributed by atoms with E-state index in [0.717, 1.165) is 17.2 Å². The monoisotopic (exact) mass is 283 g/mol. The van der Waals surface area contributed by atoms with Crippen molar-refractivity contribution in [3.8, 4) is 0 Å². The third-order valence-corrected chi connectivity index (χ3v) is 4.50. The largest absolute Gasteiger partial charge is 0.340 e. The molecule has 0 aromatic carbocycles. The fourth-order valence-electron chi connectivity index (χ4n) is 2.36. The van der Waals surface area contributed by atoms with Crippen molar-refractivity contribution in [1.82, 2.24) is 15.5 Å². The van der Waals surface area contributed by atoms with E-state index >= 15 is 0 Å². The number of nitrogens with one attached hydrogen (secondary N) is 1. The summed E-state index contributed by atoms with van der Waals surface area (Å²) in [6, 6.07) is 2.44. The molecular formula is C12H14ClN3OS. The number of halogens is 1. The molecule has 0 saturated heterocycles. The van der Waals surface area contributed by atoms with Gasteiger partial charge in [0, 0.05) is 17.8 Å². The molecule has 0 spiro atoms. The highest BCUT2D eigenvalue weighted by molar-refractivity contribution is 7.16. The van der Waals surface area contributed by atoms with Gasteiger partial charge in [-0.3, -0.25) is 0 Å². The second kappa shape index (κ2) is 4.99. The van der Waals surface area contributed by atoms with E-state index in [0.29, 0.717) is 24.3 Å². The molecule has 3 rings (SSSR count). The van der Waals surface area contributed by atoms with Crippen molar-refractivity contribution in [2.45, 2.75) is 38.8 Å². The van der Waals surface area contributed by atoms with Gasteiger partial charge in [-0.15, -0.1) is 11.3 Å². The van der Waals surface area contributed by atoms with Crippen LogP contribution in [0, 0.1) is 6.92 Å². The molecule has 2 aromatic heterocycles. The summed E-state index contributed by atoms with van der Waals surface area (Å²) in [7, 11) is 0. The number of fused-ring (bicyclic) bond motifs is 1. The van der Waals surface area contributed by atoms with Crippen LogP contribution in [-0.2, 0) is 13.0 Å². The minimum Gasteiger partial charge on any atom is -0.340 e. The third-order valence-electron chi connectivity index (χ3n) is 3.16. The van der Waals surface area contributed by atoms with E-state index in [4.69, 9.17) is 16.1 Å². The van der Waals surface area contributed by atoms with Gasteiger partial charge >= 0.3 is 0 Å². The Labute approximate surface area is 114 Å². The Morgan fingerprint density at radius 3 is 3.28 bits per heavy atom. The molecular weight excluding hydrogens is 270 g/mol. The van der Waals surface area contributed by atoms with Crippen LogP contribution in [0.2, 0.25) is 4.34 Å². The van der Waals surface area contributed by atoms with E-state index < -0.39 is 0 Å². The maximum atomic E-state index is 6.09. The average molecular weight is 284 g/mol. The van der Waals surface area contributed by atoms with Crippen LogP contribution in [0.4, 0.5) is 0 Å². The number of thiophene rings is 1. The van der Waals surface area contributed by atoms with Crippen LogP contribution in [-0.4, -0.2) is 10.1 Å². The SMILES string of the molecule is Cc1nc(CNC2CCCc3sc(Cl)cc32)no1. The highest BCUT2D eigenvalue weighted by Crippen LogP contribution is 2.37. The molecule has 4 nitrogen and oxygen atoms in total. The Balaban J connectivity index is 1.70. The Morgan fingerprint density at radius 2 is 2.50 bits per heavy atom. The van der Waals surface area contributed by atoms with Crippen molar-refractivity contribution in [2.75, 3.05) is 0 Å². The lowest BCUT2D eigenvalue weighted by Crippen LogP contribution is -2.24. The lowest BCUT2D eigenvalue weighted by atomic mass is 9.94. The first-order chi connectivity index (χ1) is 8.72. The first kappa shape index (κ1) is 12.1. The Morgan fingerprint density at radius 1 is 1.61 bits per heavy atom. The van der Waals surface area contributed by atoms with E-state index in [9.17, 15) is 0 Å². The van der Waals surface area contributed by atoms with Gasteiger partial charge in [0.05, 0.1) is 10.9 Å². The van der Waals surface area contributed by atoms with Crippen molar-refractivity contribution < 1.29 is 4.52 Å². The molecule has 0 aliphatic heterocycles. The van der Waals surface area contributed by atoms with Gasteiger partial charge in [0.15, 0.2) is 5.82 Å². The lowest BCUT2D eigenvalue weighted by molar-refractivity contribution is 0.381. The molecule has 6 heteroatoms. The number of nitrogens with zero attached hydrogens (tertiary/aromatic N) is 2. The van der Waals surface area contributed by atoms with Crippen molar-refractivity contribution in [1.29, 1.82) is 0 Å². The average Bonchev–Trinajstić information content (AvgIpc) is 2.91. The molecule has 1 aliphatic carbocycles. The van der Waals surface area contributed by atoms with Crippen molar-refractivity contribution in [2.24, 2.45) is 0 Å². The summed E-state index contributed by atoms with van der Waals surface area (Å²) in [6.45, 7) is 2.43. The number of hydrogen-bond donors (Lipinski definition) is 1. The van der Waals surface area contributed by atoms with Crippen LogP contribution in [0.5, 0.6) is 0 Å². The molecule has 0 radical (unpaired) electrons. The standard InChI is InChI=1S/C12H14ClN3OS/c1-7-15-12(16-17-7)6-14-9-3-2-4-10-8(9)5-11(13)18-10/h5,9,14H,2-4,6H2,1H3. The molecule has 1 unspecified atom stereocenters. The minimum atomic E-state index is 0.358. The zero-order chi connectivity index (χ0) is 12.5. The molecule has 2 aromatic rings. The number of rotatable bonds is 3. The van der Waals surface area contributed by atoms with E-state index in [2.05, 4.69) is 21.5 Å². The molecule has 1 atom stereocenters. The maximum absolute atomic E-state index is 6.09. The molecule has 2 heterocycles. The molecule has 18 heavy (non-hydrogen) atoms. The van der Waals surface area contributed by atoms with Crippen molar-refractivity contribution >= 4 is 22.9 Å². The van der Waals surface area contributed by atoms with Crippen LogP contribution in [0.3, 0.4) is 0 Å². The molecule has 96 valence electrons. The van der Waals surface area contributed by atoms with Crippen molar-refractivity contribution in [3.05, 3.63) is 32.6 Å². The summed E-state index contributed by atoms with van der Waals surface area (Å²) in [4.78, 5) is 5.60. The van der Waals surface area contributed by atoms with E-state index in [1.54, 1.807) is 18.3 Å². The quantitative estimate of drug-likeness (QED) is 0.939. The van der Waals surface area contributed by atoms with Gasteiger partial charge in [-0.05, 0) is 30.9 Å². The smallest absolute Gasteiger partial charge is 0.223 e. The predicted molar refractivity (Wildman–Crippen MR) is 70.9 cm³/mol. The maximum Gasteiger partial charge on any atom is 0.223 e. The molecule has 1 N–H and O–H groups in total. The third kappa shape index (κ3) is 2.43. The van der Waals surface area contributed by atoms with Gasteiger partial charge in [-0.25, -0.2) is 0 Å². The van der Waals surface area contributed by atoms with Gasteiger partial charge in [0.25, 0.3) is 0 Å². The number of aryl methyl sites for hydroxylation is 2. The Hall–Kier alpha value is -0.910. The van der Waals surface area contributed by atoms with E-state index in [1.807, 2.05) is 0 Å². The summed E-state index contributed by atoms with van der Waals surface area (Å²) in [6.07, 6.45) is 3.48. The second-order valence-corrected chi connectivity index (χ2v) is 6.25. The van der Waals surface area contributed by atoms with Crippen molar-refractivity contribution in [3.63, 3.8) is 0 Å². The molecule has 0 amide bonds. The molecule has 0 bridgehead atoms. The van der Waals surface area contributed by atoms with E-state index in [-0.39, 0.29) is 0 Å². The topological polar surface area (TPSA) is 51.0 Å². The molecule has 1 aliphatic rings. The van der Waals surface area contributed by atoms with Crippen LogP contribution < -0.4 is 5.32 Å². The van der Waals surface area contributed by atoms with Gasteiger partial charge in [0.2, 0.25) is 5.89 Å². The summed E-state index contributed by atoms with van der Waals surface area (Å²) in [5, 5.41) is 7.37. The Kier molecular flexibility index (Phi) is 3.37. The van der Waals surface area contributed by atoms with Gasteiger partial charge < -0.3 is 9.84 Å². The van der Waals surface area contributed by atoms with Crippen LogP contribution >= 0.6 is 22.9 Å². The number of aromatic nitrogens is 2. The normalized spacial score (nSPS) is 18.9. The van der Waals surface area contributed by atoms with Crippen LogP contribution in [0.1, 0.15) is 41.0 Å². The first-order valence-corrected chi connectivity index (χ1v) is 7.22. The summed E-state index contributed by atoms with van der Waals surface area (Å²) in [5.41, 5.74) is 1.34. The molecule has 0 fully saturated rings. The summed E-state index contributed by atoms with van der Waals surface area (Å²) in [5.74, 6) is 1.32. The predicted octanol–water partition coefficient (Wildman–Crippen LogP) is 3.26. The summed E-state index contributed by atoms with van der Waals surface area (Å²) >= 11 is 7.78. The van der Waals surface area contributed by atoms with E-state index in [1.165, 1.54) is 16.9 Å².